The van der Waals surface area contributed by atoms with Gasteiger partial charge in [-0.15, -0.1) is 11.3 Å². The molecular weight excluding hydrogens is 432 g/mol. The molecule has 2 N–H and O–H groups in total. The Hall–Kier alpha value is -3.53. The number of esters is 1. The molecule has 0 saturated carbocycles. The van der Waals surface area contributed by atoms with Gasteiger partial charge < -0.3 is 15.4 Å². The van der Waals surface area contributed by atoms with Gasteiger partial charge in [0.05, 0.1) is 5.39 Å². The fraction of sp³-hybridized carbons (Fsp3) is 0.318. The van der Waals surface area contributed by atoms with Crippen molar-refractivity contribution in [2.75, 3.05) is 10.6 Å². The minimum absolute atomic E-state index is 0.135. The predicted molar refractivity (Wildman–Crippen MR) is 121 cm³/mol. The summed E-state index contributed by atoms with van der Waals surface area (Å²) in [5, 5.41) is 5.74. The Morgan fingerprint density at radius 2 is 1.81 bits per heavy atom. The summed E-state index contributed by atoms with van der Waals surface area (Å²) in [5.41, 5.74) is 1.49. The van der Waals surface area contributed by atoms with Gasteiger partial charge in [-0.05, 0) is 50.1 Å². The molecule has 3 heterocycles. The molecule has 9 nitrogen and oxygen atoms in total. The first-order valence-electron chi connectivity index (χ1n) is 10.2. The molecule has 32 heavy (non-hydrogen) atoms. The van der Waals surface area contributed by atoms with Gasteiger partial charge in [-0.2, -0.15) is 0 Å². The van der Waals surface area contributed by atoms with E-state index >= 15 is 0 Å². The van der Waals surface area contributed by atoms with E-state index in [0.29, 0.717) is 33.7 Å². The van der Waals surface area contributed by atoms with E-state index in [0.717, 1.165) is 30.0 Å². The van der Waals surface area contributed by atoms with Crippen molar-refractivity contribution in [2.45, 2.75) is 46.3 Å². The zero-order valence-corrected chi connectivity index (χ0v) is 18.7. The Labute approximate surface area is 187 Å². The van der Waals surface area contributed by atoms with Crippen LogP contribution in [-0.2, 0) is 27.3 Å². The standard InChI is InChI=1S/C22H22N4O5S/c1-11-17-20(25-16-5-4-10-26(16)21(17)29)32-18(11)22(30)31-12(2)19(28)24-15-8-6-14(7-9-15)23-13(3)27/h6-9,12H,4-5,10H2,1-3H3,(H,23,27)(H,24,28)/t12-/m1/s1. The average Bonchev–Trinajstić information content (AvgIpc) is 3.34. The summed E-state index contributed by atoms with van der Waals surface area (Å²) in [6, 6.07) is 6.56. The number of nitrogens with zero attached hydrogens (tertiary/aromatic N) is 2. The molecule has 2 amide bonds. The Morgan fingerprint density at radius 1 is 1.16 bits per heavy atom. The largest absolute Gasteiger partial charge is 0.448 e. The number of carbonyl (C=O) groups excluding carboxylic acids is 3. The third-order valence-corrected chi connectivity index (χ3v) is 6.39. The second-order valence-corrected chi connectivity index (χ2v) is 8.62. The van der Waals surface area contributed by atoms with Crippen LogP contribution in [0, 0.1) is 6.92 Å². The third kappa shape index (κ3) is 4.13. The van der Waals surface area contributed by atoms with Crippen LogP contribution in [0.5, 0.6) is 0 Å². The topological polar surface area (TPSA) is 119 Å². The van der Waals surface area contributed by atoms with Crippen molar-refractivity contribution in [2.24, 2.45) is 0 Å². The summed E-state index contributed by atoms with van der Waals surface area (Å²) in [6.45, 7) is 5.21. The number of carbonyl (C=O) groups is 3. The summed E-state index contributed by atoms with van der Waals surface area (Å²) >= 11 is 1.11. The monoisotopic (exact) mass is 454 g/mol. The van der Waals surface area contributed by atoms with E-state index in [2.05, 4.69) is 15.6 Å². The molecule has 0 unspecified atom stereocenters. The normalized spacial score (nSPS) is 13.5. The van der Waals surface area contributed by atoms with E-state index in [1.165, 1.54) is 13.8 Å². The zero-order chi connectivity index (χ0) is 23.0. The van der Waals surface area contributed by atoms with Crippen LogP contribution in [0.1, 0.15) is 41.3 Å². The van der Waals surface area contributed by atoms with E-state index in [1.807, 2.05) is 0 Å². The summed E-state index contributed by atoms with van der Waals surface area (Å²) in [4.78, 5) is 54.4. The Balaban J connectivity index is 1.46. The van der Waals surface area contributed by atoms with Crippen molar-refractivity contribution in [1.29, 1.82) is 0 Å². The first kappa shape index (κ1) is 21.7. The van der Waals surface area contributed by atoms with Crippen LogP contribution in [0.25, 0.3) is 10.2 Å². The Morgan fingerprint density at radius 3 is 2.47 bits per heavy atom. The van der Waals surface area contributed by atoms with Crippen LogP contribution in [0.2, 0.25) is 0 Å². The molecule has 166 valence electrons. The zero-order valence-electron chi connectivity index (χ0n) is 17.9. The quantitative estimate of drug-likeness (QED) is 0.572. The molecule has 10 heteroatoms. The number of benzene rings is 1. The number of fused-ring (bicyclic) bond motifs is 2. The van der Waals surface area contributed by atoms with Crippen LogP contribution >= 0.6 is 11.3 Å². The average molecular weight is 455 g/mol. The van der Waals surface area contributed by atoms with E-state index in [4.69, 9.17) is 4.74 Å². The molecule has 0 spiro atoms. The Kier molecular flexibility index (Phi) is 5.79. The van der Waals surface area contributed by atoms with Crippen LogP contribution in [0.15, 0.2) is 29.1 Å². The van der Waals surface area contributed by atoms with Gasteiger partial charge in [0.15, 0.2) is 6.10 Å². The molecule has 0 aliphatic carbocycles. The molecule has 2 aromatic heterocycles. The van der Waals surface area contributed by atoms with Gasteiger partial charge in [0.25, 0.3) is 11.5 Å². The van der Waals surface area contributed by atoms with Gasteiger partial charge in [0, 0.05) is 31.3 Å². The lowest BCUT2D eigenvalue weighted by atomic mass is 10.2. The molecular formula is C22H22N4O5S. The molecule has 0 bridgehead atoms. The summed E-state index contributed by atoms with van der Waals surface area (Å²) in [5.74, 6) is -0.623. The highest BCUT2D eigenvalue weighted by atomic mass is 32.1. The number of rotatable bonds is 5. The first-order chi connectivity index (χ1) is 15.2. The Bertz CT molecular complexity index is 1290. The lowest BCUT2D eigenvalue weighted by Gasteiger charge is -2.13. The minimum atomic E-state index is -1.05. The molecule has 4 rings (SSSR count). The number of ether oxygens (including phenoxy) is 1. The highest BCUT2D eigenvalue weighted by Crippen LogP contribution is 2.29. The highest BCUT2D eigenvalue weighted by Gasteiger charge is 2.26. The minimum Gasteiger partial charge on any atom is -0.448 e. The van der Waals surface area contributed by atoms with Gasteiger partial charge in [-0.25, -0.2) is 9.78 Å². The first-order valence-corrected chi connectivity index (χ1v) is 11.0. The van der Waals surface area contributed by atoms with E-state index in [1.54, 1.807) is 35.8 Å². The van der Waals surface area contributed by atoms with Crippen molar-refractivity contribution in [3.8, 4) is 0 Å². The van der Waals surface area contributed by atoms with Crippen molar-refractivity contribution < 1.29 is 19.1 Å². The van der Waals surface area contributed by atoms with Crippen molar-refractivity contribution in [3.63, 3.8) is 0 Å². The number of anilines is 2. The van der Waals surface area contributed by atoms with Gasteiger partial charge >= 0.3 is 5.97 Å². The van der Waals surface area contributed by atoms with E-state index < -0.39 is 18.0 Å². The predicted octanol–water partition coefficient (Wildman–Crippen LogP) is 2.86. The SMILES string of the molecule is CC(=O)Nc1ccc(NC(=O)[C@@H](C)OC(=O)c2sc3nc4n(c(=O)c3c2C)CCC4)cc1. The maximum absolute atomic E-state index is 12.8. The third-order valence-electron chi connectivity index (χ3n) is 5.22. The molecule has 1 aliphatic rings. The summed E-state index contributed by atoms with van der Waals surface area (Å²) in [7, 11) is 0. The molecule has 0 saturated heterocycles. The number of amides is 2. The second-order valence-electron chi connectivity index (χ2n) is 7.62. The number of hydrogen-bond acceptors (Lipinski definition) is 7. The van der Waals surface area contributed by atoms with Crippen molar-refractivity contribution >= 4 is 50.7 Å². The highest BCUT2D eigenvalue weighted by molar-refractivity contribution is 7.20. The number of aromatic nitrogens is 2. The number of nitrogens with one attached hydrogen (secondary N) is 2. The van der Waals surface area contributed by atoms with E-state index in [-0.39, 0.29) is 16.3 Å². The summed E-state index contributed by atoms with van der Waals surface area (Å²) < 4.78 is 7.02. The van der Waals surface area contributed by atoms with Gasteiger partial charge in [-0.3, -0.25) is 19.0 Å². The van der Waals surface area contributed by atoms with Gasteiger partial charge in [0.2, 0.25) is 5.91 Å². The van der Waals surface area contributed by atoms with Gasteiger partial charge in [-0.1, -0.05) is 0 Å². The lowest BCUT2D eigenvalue weighted by molar-refractivity contribution is -0.123. The summed E-state index contributed by atoms with van der Waals surface area (Å²) in [6.07, 6.45) is 0.572. The lowest BCUT2D eigenvalue weighted by Crippen LogP contribution is -2.30. The smallest absolute Gasteiger partial charge is 0.349 e. The number of aryl methyl sites for hydroxylation is 2. The molecule has 1 atom stereocenters. The maximum atomic E-state index is 12.8. The van der Waals surface area contributed by atoms with Crippen LogP contribution in [-0.4, -0.2) is 33.4 Å². The van der Waals surface area contributed by atoms with Gasteiger partial charge in [0.1, 0.15) is 15.5 Å². The molecule has 3 aromatic rings. The van der Waals surface area contributed by atoms with E-state index in [9.17, 15) is 19.2 Å². The maximum Gasteiger partial charge on any atom is 0.349 e. The fourth-order valence-electron chi connectivity index (χ4n) is 3.62. The molecule has 0 fully saturated rings. The van der Waals surface area contributed by atoms with Crippen LogP contribution in [0.4, 0.5) is 11.4 Å². The molecule has 1 aliphatic heterocycles. The number of thiophene rings is 1. The molecule has 1 aromatic carbocycles. The van der Waals surface area contributed by atoms with Crippen LogP contribution in [0.3, 0.4) is 0 Å². The fourth-order valence-corrected chi connectivity index (χ4v) is 4.70. The second kappa shape index (κ2) is 8.54. The number of hydrogen-bond donors (Lipinski definition) is 2. The van der Waals surface area contributed by atoms with Crippen molar-refractivity contribution in [1.82, 2.24) is 9.55 Å². The van der Waals surface area contributed by atoms with Crippen molar-refractivity contribution in [3.05, 3.63) is 50.9 Å². The molecule has 0 radical (unpaired) electrons. The van der Waals surface area contributed by atoms with Crippen LogP contribution < -0.4 is 16.2 Å².